The van der Waals surface area contributed by atoms with Crippen LogP contribution in [0, 0.1) is 0 Å². The van der Waals surface area contributed by atoms with Crippen molar-refractivity contribution < 1.29 is 9.47 Å². The zero-order valence-corrected chi connectivity index (χ0v) is 13.0. The van der Waals surface area contributed by atoms with Crippen LogP contribution in [0.25, 0.3) is 11.3 Å². The van der Waals surface area contributed by atoms with Gasteiger partial charge < -0.3 is 15.2 Å². The number of aromatic nitrogens is 2. The van der Waals surface area contributed by atoms with Crippen LogP contribution in [-0.4, -0.2) is 23.0 Å². The molecule has 1 aliphatic rings. The fraction of sp³-hybridized carbons (Fsp3) is 0.357. The predicted octanol–water partition coefficient (Wildman–Crippen LogP) is 2.98. The van der Waals surface area contributed by atoms with E-state index in [4.69, 9.17) is 15.2 Å². The lowest BCUT2D eigenvalue weighted by atomic mass is 10.1. The third-order valence-corrected chi connectivity index (χ3v) is 3.70. The summed E-state index contributed by atoms with van der Waals surface area (Å²) < 4.78 is 14.0. The third kappa shape index (κ3) is 2.47. The highest BCUT2D eigenvalue weighted by Gasteiger charge is 2.27. The van der Waals surface area contributed by atoms with E-state index in [0.29, 0.717) is 11.6 Å². The van der Waals surface area contributed by atoms with E-state index in [0.717, 1.165) is 34.3 Å². The minimum absolute atomic E-state index is 0.282. The number of halogens is 1. The zero-order valence-electron chi connectivity index (χ0n) is 11.4. The molecule has 2 N–H and O–H groups in total. The Balaban J connectivity index is 2.13. The molecule has 0 radical (unpaired) electrons. The number of nitrogens with zero attached hydrogens (tertiary/aromatic N) is 2. The molecule has 106 valence electrons. The molecule has 0 atom stereocenters. The Morgan fingerprint density at radius 1 is 1.35 bits per heavy atom. The second-order valence-electron chi connectivity index (χ2n) is 4.88. The number of nitrogens with two attached hydrogens (primary N) is 1. The maximum absolute atomic E-state index is 6.00. The summed E-state index contributed by atoms with van der Waals surface area (Å²) in [5.74, 6) is 2.04. The standard InChI is InChI=1S/C14H16BrN3O2/c1-18-13(16)7-11(17-18)10-5-8(15)6-12(19-2)14(10)20-9-3-4-9/h5-7,9H,3-4,16H2,1-2H3. The molecule has 0 aliphatic heterocycles. The van der Waals surface area contributed by atoms with E-state index in [9.17, 15) is 0 Å². The molecular formula is C14H16BrN3O2. The fourth-order valence-electron chi connectivity index (χ4n) is 2.00. The Kier molecular flexibility index (Phi) is 3.33. The highest BCUT2D eigenvalue weighted by atomic mass is 79.9. The molecule has 0 saturated heterocycles. The average molecular weight is 338 g/mol. The molecule has 2 aromatic rings. The second-order valence-corrected chi connectivity index (χ2v) is 5.80. The molecule has 1 heterocycles. The SMILES string of the molecule is COc1cc(Br)cc(-c2cc(N)n(C)n2)c1OC1CC1. The van der Waals surface area contributed by atoms with Gasteiger partial charge in [-0.3, -0.25) is 4.68 Å². The Morgan fingerprint density at radius 3 is 2.65 bits per heavy atom. The van der Waals surface area contributed by atoms with Crippen molar-refractivity contribution >= 4 is 21.7 Å². The van der Waals surface area contributed by atoms with Crippen LogP contribution in [-0.2, 0) is 7.05 Å². The molecule has 0 bridgehead atoms. The van der Waals surface area contributed by atoms with Crippen molar-refractivity contribution in [1.82, 2.24) is 9.78 Å². The smallest absolute Gasteiger partial charge is 0.171 e. The first-order chi connectivity index (χ1) is 9.58. The number of aryl methyl sites for hydroxylation is 1. The average Bonchev–Trinajstić information content (AvgIpc) is 3.17. The monoisotopic (exact) mass is 337 g/mol. The van der Waals surface area contributed by atoms with Gasteiger partial charge >= 0.3 is 0 Å². The van der Waals surface area contributed by atoms with Crippen LogP contribution >= 0.6 is 15.9 Å². The molecule has 6 heteroatoms. The molecule has 0 unspecified atom stereocenters. The first-order valence-corrected chi connectivity index (χ1v) is 7.22. The van der Waals surface area contributed by atoms with Crippen LogP contribution in [0.5, 0.6) is 11.5 Å². The van der Waals surface area contributed by atoms with E-state index >= 15 is 0 Å². The topological polar surface area (TPSA) is 62.3 Å². The molecule has 5 nitrogen and oxygen atoms in total. The summed E-state index contributed by atoms with van der Waals surface area (Å²) in [6.45, 7) is 0. The Morgan fingerprint density at radius 2 is 2.10 bits per heavy atom. The van der Waals surface area contributed by atoms with Gasteiger partial charge in [-0.05, 0) is 25.0 Å². The lowest BCUT2D eigenvalue weighted by molar-refractivity contribution is 0.283. The largest absolute Gasteiger partial charge is 0.493 e. The van der Waals surface area contributed by atoms with Crippen molar-refractivity contribution in [3.63, 3.8) is 0 Å². The number of rotatable bonds is 4. The molecule has 1 aromatic carbocycles. The van der Waals surface area contributed by atoms with Gasteiger partial charge in [-0.15, -0.1) is 0 Å². The number of methoxy groups -OCH3 is 1. The number of hydrogen-bond acceptors (Lipinski definition) is 4. The summed E-state index contributed by atoms with van der Waals surface area (Å²) in [6.07, 6.45) is 2.45. The minimum atomic E-state index is 0.282. The van der Waals surface area contributed by atoms with Crippen LogP contribution < -0.4 is 15.2 Å². The summed E-state index contributed by atoms with van der Waals surface area (Å²) in [5, 5.41) is 4.42. The number of nitrogen functional groups attached to an aromatic ring is 1. The second kappa shape index (κ2) is 5.01. The quantitative estimate of drug-likeness (QED) is 0.931. The lowest BCUT2D eigenvalue weighted by Crippen LogP contribution is -2.01. The Labute approximate surface area is 125 Å². The van der Waals surface area contributed by atoms with Crippen molar-refractivity contribution in [1.29, 1.82) is 0 Å². The maximum atomic E-state index is 6.00. The normalized spacial score (nSPS) is 14.3. The van der Waals surface area contributed by atoms with Gasteiger partial charge in [0, 0.05) is 23.2 Å². The van der Waals surface area contributed by atoms with Crippen LogP contribution in [0.3, 0.4) is 0 Å². The molecule has 0 spiro atoms. The number of anilines is 1. The van der Waals surface area contributed by atoms with Crippen molar-refractivity contribution in [3.8, 4) is 22.8 Å². The molecule has 0 amide bonds. The summed E-state index contributed by atoms with van der Waals surface area (Å²) >= 11 is 3.49. The van der Waals surface area contributed by atoms with Gasteiger partial charge in [0.25, 0.3) is 0 Å². The van der Waals surface area contributed by atoms with Gasteiger partial charge in [0.05, 0.1) is 18.9 Å². The number of hydrogen-bond donors (Lipinski definition) is 1. The van der Waals surface area contributed by atoms with E-state index in [1.54, 1.807) is 11.8 Å². The Hall–Kier alpha value is -1.69. The highest BCUT2D eigenvalue weighted by Crippen LogP contribution is 2.43. The molecule has 1 aromatic heterocycles. The van der Waals surface area contributed by atoms with Crippen molar-refractivity contribution in [2.75, 3.05) is 12.8 Å². The van der Waals surface area contributed by atoms with Crippen LogP contribution in [0.1, 0.15) is 12.8 Å². The fourth-order valence-corrected chi connectivity index (χ4v) is 2.43. The number of ether oxygens (including phenoxy) is 2. The predicted molar refractivity (Wildman–Crippen MR) is 81.0 cm³/mol. The van der Waals surface area contributed by atoms with Gasteiger partial charge in [-0.1, -0.05) is 15.9 Å². The molecular weight excluding hydrogens is 322 g/mol. The first kappa shape index (κ1) is 13.3. The van der Waals surface area contributed by atoms with Crippen LogP contribution in [0.15, 0.2) is 22.7 Å². The number of benzene rings is 1. The molecule has 1 aliphatic carbocycles. The van der Waals surface area contributed by atoms with E-state index in [1.807, 2.05) is 25.2 Å². The van der Waals surface area contributed by atoms with Crippen molar-refractivity contribution in [2.45, 2.75) is 18.9 Å². The summed E-state index contributed by atoms with van der Waals surface area (Å²) in [6, 6.07) is 5.70. The van der Waals surface area contributed by atoms with Crippen molar-refractivity contribution in [3.05, 3.63) is 22.7 Å². The summed E-state index contributed by atoms with van der Waals surface area (Å²) in [5.41, 5.74) is 7.53. The van der Waals surface area contributed by atoms with Crippen LogP contribution in [0.4, 0.5) is 5.82 Å². The summed E-state index contributed by atoms with van der Waals surface area (Å²) in [4.78, 5) is 0. The zero-order chi connectivity index (χ0) is 14.3. The maximum Gasteiger partial charge on any atom is 0.171 e. The molecule has 1 saturated carbocycles. The van der Waals surface area contributed by atoms with E-state index in [2.05, 4.69) is 21.0 Å². The first-order valence-electron chi connectivity index (χ1n) is 6.42. The molecule has 3 rings (SSSR count). The van der Waals surface area contributed by atoms with E-state index in [-0.39, 0.29) is 6.10 Å². The van der Waals surface area contributed by atoms with Gasteiger partial charge in [-0.25, -0.2) is 0 Å². The molecule has 1 fully saturated rings. The van der Waals surface area contributed by atoms with Crippen molar-refractivity contribution in [2.24, 2.45) is 7.05 Å². The minimum Gasteiger partial charge on any atom is -0.493 e. The highest BCUT2D eigenvalue weighted by molar-refractivity contribution is 9.10. The van der Waals surface area contributed by atoms with Crippen LogP contribution in [0.2, 0.25) is 0 Å². The molecule has 20 heavy (non-hydrogen) atoms. The van der Waals surface area contributed by atoms with E-state index in [1.165, 1.54) is 0 Å². The lowest BCUT2D eigenvalue weighted by Gasteiger charge is -2.14. The van der Waals surface area contributed by atoms with Gasteiger partial charge in [0.1, 0.15) is 5.82 Å². The van der Waals surface area contributed by atoms with Gasteiger partial charge in [-0.2, -0.15) is 5.10 Å². The summed E-state index contributed by atoms with van der Waals surface area (Å²) in [7, 11) is 3.45. The third-order valence-electron chi connectivity index (χ3n) is 3.24. The van der Waals surface area contributed by atoms with Gasteiger partial charge in [0.2, 0.25) is 0 Å². The van der Waals surface area contributed by atoms with E-state index < -0.39 is 0 Å². The Bertz CT molecular complexity index is 631. The van der Waals surface area contributed by atoms with Gasteiger partial charge in [0.15, 0.2) is 11.5 Å².